The van der Waals surface area contributed by atoms with Gasteiger partial charge in [-0.15, -0.1) is 0 Å². The molecule has 1 aliphatic carbocycles. The summed E-state index contributed by atoms with van der Waals surface area (Å²) >= 11 is 0. The van der Waals surface area contributed by atoms with Gasteiger partial charge < -0.3 is 10.6 Å². The molecule has 0 aromatic heterocycles. The van der Waals surface area contributed by atoms with Gasteiger partial charge in [0.1, 0.15) is 0 Å². The molecule has 1 rings (SSSR count). The molecule has 1 fully saturated rings. The lowest BCUT2D eigenvalue weighted by Gasteiger charge is -2.25. The fourth-order valence-corrected chi connectivity index (χ4v) is 1.79. The first-order valence-corrected chi connectivity index (χ1v) is 6.26. The van der Waals surface area contributed by atoms with Gasteiger partial charge in [-0.1, -0.05) is 13.8 Å². The number of amides is 1. The van der Waals surface area contributed by atoms with E-state index in [9.17, 15) is 4.79 Å². The maximum Gasteiger partial charge on any atom is 0.236 e. The Balaban J connectivity index is 2.33. The second-order valence-electron chi connectivity index (χ2n) is 4.90. The van der Waals surface area contributed by atoms with Crippen LogP contribution in [0.1, 0.15) is 26.7 Å². The van der Waals surface area contributed by atoms with Gasteiger partial charge in [0.2, 0.25) is 5.91 Å². The van der Waals surface area contributed by atoms with Crippen molar-refractivity contribution in [2.45, 2.75) is 32.7 Å². The van der Waals surface area contributed by atoms with Crippen molar-refractivity contribution >= 4 is 5.91 Å². The van der Waals surface area contributed by atoms with Gasteiger partial charge in [0.05, 0.1) is 6.54 Å². The quantitative estimate of drug-likeness (QED) is 0.690. The molecule has 4 nitrogen and oxygen atoms in total. The van der Waals surface area contributed by atoms with Crippen LogP contribution in [0.25, 0.3) is 0 Å². The minimum atomic E-state index is 0.244. The van der Waals surface area contributed by atoms with Crippen molar-refractivity contribution in [3.63, 3.8) is 0 Å². The largest absolute Gasteiger partial charge is 0.342 e. The van der Waals surface area contributed by atoms with Crippen LogP contribution >= 0.6 is 0 Å². The molecule has 0 saturated heterocycles. The Morgan fingerprint density at radius 2 is 2.12 bits per heavy atom. The second-order valence-corrected chi connectivity index (χ2v) is 4.90. The van der Waals surface area contributed by atoms with Crippen LogP contribution in [0.4, 0.5) is 0 Å². The fourth-order valence-electron chi connectivity index (χ4n) is 1.79. The number of nitrogens with zero attached hydrogens (tertiary/aromatic N) is 2. The molecule has 16 heavy (non-hydrogen) atoms. The third kappa shape index (κ3) is 4.10. The molecule has 1 aliphatic rings. The van der Waals surface area contributed by atoms with E-state index < -0.39 is 0 Å². The molecule has 0 radical (unpaired) electrons. The SMILES string of the molecule is CCN(CC(=O)N(C)C1CC1)CC(C)CN. The zero-order valence-electron chi connectivity index (χ0n) is 10.8. The number of hydrogen-bond acceptors (Lipinski definition) is 3. The topological polar surface area (TPSA) is 49.6 Å². The van der Waals surface area contributed by atoms with E-state index in [-0.39, 0.29) is 5.91 Å². The van der Waals surface area contributed by atoms with Crippen LogP contribution in [0.2, 0.25) is 0 Å². The second kappa shape index (κ2) is 6.21. The van der Waals surface area contributed by atoms with Crippen LogP contribution in [0.5, 0.6) is 0 Å². The summed E-state index contributed by atoms with van der Waals surface area (Å²) < 4.78 is 0. The number of carbonyl (C=O) groups is 1. The number of likely N-dealkylation sites (N-methyl/N-ethyl adjacent to an activating group) is 2. The Bertz CT molecular complexity index is 228. The summed E-state index contributed by atoms with van der Waals surface area (Å²) in [5.74, 6) is 0.701. The molecule has 0 aromatic rings. The molecular formula is C12H25N3O. The van der Waals surface area contributed by atoms with Crippen LogP contribution in [0.15, 0.2) is 0 Å². The number of rotatable bonds is 7. The zero-order chi connectivity index (χ0) is 12.1. The van der Waals surface area contributed by atoms with Crippen molar-refractivity contribution in [2.75, 3.05) is 33.2 Å². The molecule has 2 N–H and O–H groups in total. The van der Waals surface area contributed by atoms with Crippen LogP contribution in [-0.2, 0) is 4.79 Å². The van der Waals surface area contributed by atoms with E-state index in [0.717, 1.165) is 13.1 Å². The van der Waals surface area contributed by atoms with Gasteiger partial charge in [-0.25, -0.2) is 0 Å². The van der Waals surface area contributed by atoms with E-state index >= 15 is 0 Å². The van der Waals surface area contributed by atoms with Gasteiger partial charge in [-0.2, -0.15) is 0 Å². The Hall–Kier alpha value is -0.610. The van der Waals surface area contributed by atoms with Crippen LogP contribution in [0.3, 0.4) is 0 Å². The molecule has 94 valence electrons. The van der Waals surface area contributed by atoms with E-state index in [1.54, 1.807) is 0 Å². The molecule has 1 unspecified atom stereocenters. The van der Waals surface area contributed by atoms with E-state index in [0.29, 0.717) is 25.0 Å². The molecule has 1 saturated carbocycles. The fraction of sp³-hybridized carbons (Fsp3) is 0.917. The van der Waals surface area contributed by atoms with Gasteiger partial charge in [0, 0.05) is 19.6 Å². The first kappa shape index (κ1) is 13.5. The van der Waals surface area contributed by atoms with Gasteiger partial charge >= 0.3 is 0 Å². The first-order chi connectivity index (χ1) is 7.58. The molecule has 0 heterocycles. The van der Waals surface area contributed by atoms with Gasteiger partial charge in [0.25, 0.3) is 0 Å². The minimum Gasteiger partial charge on any atom is -0.342 e. The number of carbonyl (C=O) groups excluding carboxylic acids is 1. The smallest absolute Gasteiger partial charge is 0.236 e. The van der Waals surface area contributed by atoms with Crippen molar-refractivity contribution in [3.8, 4) is 0 Å². The normalized spacial score (nSPS) is 17.6. The predicted octanol–water partition coefficient (Wildman–Crippen LogP) is 0.524. The highest BCUT2D eigenvalue weighted by molar-refractivity contribution is 5.78. The Kier molecular flexibility index (Phi) is 5.22. The van der Waals surface area contributed by atoms with Gasteiger partial charge in [0.15, 0.2) is 0 Å². The maximum absolute atomic E-state index is 11.9. The highest BCUT2D eigenvalue weighted by atomic mass is 16.2. The lowest BCUT2D eigenvalue weighted by Crippen LogP contribution is -2.41. The summed E-state index contributed by atoms with van der Waals surface area (Å²) in [5, 5.41) is 0. The summed E-state index contributed by atoms with van der Waals surface area (Å²) in [6.45, 7) is 7.26. The third-order valence-corrected chi connectivity index (χ3v) is 3.27. The van der Waals surface area contributed by atoms with Crippen molar-refractivity contribution in [1.29, 1.82) is 0 Å². The molecule has 0 aromatic carbocycles. The summed E-state index contributed by atoms with van der Waals surface area (Å²) in [6.07, 6.45) is 2.35. The van der Waals surface area contributed by atoms with Gasteiger partial charge in [-0.3, -0.25) is 9.69 Å². The standard InChI is InChI=1S/C12H25N3O/c1-4-15(8-10(2)7-13)9-12(16)14(3)11-5-6-11/h10-11H,4-9,13H2,1-3H3. The average molecular weight is 227 g/mol. The first-order valence-electron chi connectivity index (χ1n) is 6.26. The molecule has 0 spiro atoms. The summed E-state index contributed by atoms with van der Waals surface area (Å²) in [7, 11) is 1.92. The highest BCUT2D eigenvalue weighted by Crippen LogP contribution is 2.25. The summed E-state index contributed by atoms with van der Waals surface area (Å²) in [5.41, 5.74) is 5.60. The molecule has 1 atom stereocenters. The van der Waals surface area contributed by atoms with E-state index in [1.165, 1.54) is 12.8 Å². The van der Waals surface area contributed by atoms with Crippen molar-refractivity contribution in [2.24, 2.45) is 11.7 Å². The van der Waals surface area contributed by atoms with Crippen LogP contribution in [-0.4, -0.2) is 55.0 Å². The number of nitrogens with two attached hydrogens (primary N) is 1. The predicted molar refractivity (Wildman–Crippen MR) is 66.1 cm³/mol. The minimum absolute atomic E-state index is 0.244. The Morgan fingerprint density at radius 1 is 1.50 bits per heavy atom. The lowest BCUT2D eigenvalue weighted by molar-refractivity contribution is -0.131. The van der Waals surface area contributed by atoms with Crippen molar-refractivity contribution in [1.82, 2.24) is 9.80 Å². The highest BCUT2D eigenvalue weighted by Gasteiger charge is 2.29. The Labute approximate surface area is 98.8 Å². The lowest BCUT2D eigenvalue weighted by atomic mass is 10.1. The maximum atomic E-state index is 11.9. The molecular weight excluding hydrogens is 202 g/mol. The molecule has 1 amide bonds. The zero-order valence-corrected chi connectivity index (χ0v) is 10.8. The van der Waals surface area contributed by atoms with Crippen LogP contribution in [0, 0.1) is 5.92 Å². The van der Waals surface area contributed by atoms with Crippen molar-refractivity contribution in [3.05, 3.63) is 0 Å². The molecule has 0 bridgehead atoms. The summed E-state index contributed by atoms with van der Waals surface area (Å²) in [6, 6.07) is 0.512. The van der Waals surface area contributed by atoms with E-state index in [2.05, 4.69) is 18.7 Å². The van der Waals surface area contributed by atoms with Crippen molar-refractivity contribution < 1.29 is 4.79 Å². The third-order valence-electron chi connectivity index (χ3n) is 3.27. The Morgan fingerprint density at radius 3 is 2.56 bits per heavy atom. The number of hydrogen-bond donors (Lipinski definition) is 1. The van der Waals surface area contributed by atoms with E-state index in [1.807, 2.05) is 11.9 Å². The molecule has 4 heteroatoms. The van der Waals surface area contributed by atoms with Crippen LogP contribution < -0.4 is 5.73 Å². The average Bonchev–Trinajstić information content (AvgIpc) is 3.10. The van der Waals surface area contributed by atoms with Gasteiger partial charge in [-0.05, 0) is 31.8 Å². The van der Waals surface area contributed by atoms with E-state index in [4.69, 9.17) is 5.73 Å². The summed E-state index contributed by atoms with van der Waals surface area (Å²) in [4.78, 5) is 16.0. The molecule has 0 aliphatic heterocycles. The monoisotopic (exact) mass is 227 g/mol.